The van der Waals surface area contributed by atoms with Gasteiger partial charge in [0.15, 0.2) is 0 Å². The van der Waals surface area contributed by atoms with Crippen LogP contribution in [0.5, 0.6) is 0 Å². The molecule has 0 bridgehead atoms. The van der Waals surface area contributed by atoms with Crippen molar-refractivity contribution < 1.29 is 5.11 Å². The van der Waals surface area contributed by atoms with E-state index in [0.717, 1.165) is 24.1 Å². The summed E-state index contributed by atoms with van der Waals surface area (Å²) in [6.45, 7) is 5.75. The summed E-state index contributed by atoms with van der Waals surface area (Å²) in [5.41, 5.74) is 1.06. The van der Waals surface area contributed by atoms with Crippen molar-refractivity contribution in [2.24, 2.45) is 5.92 Å². The van der Waals surface area contributed by atoms with Gasteiger partial charge in [0, 0.05) is 6.54 Å². The summed E-state index contributed by atoms with van der Waals surface area (Å²) in [6.07, 6.45) is 3.38. The minimum Gasteiger partial charge on any atom is -0.380 e. The zero-order valence-electron chi connectivity index (χ0n) is 14.4. The fraction of sp³-hybridized carbons (Fsp3) is 0.429. The highest BCUT2D eigenvalue weighted by molar-refractivity contribution is 5.85. The van der Waals surface area contributed by atoms with Gasteiger partial charge >= 0.3 is 0 Å². The van der Waals surface area contributed by atoms with Crippen LogP contribution < -0.4 is 0 Å². The lowest BCUT2D eigenvalue weighted by Crippen LogP contribution is -2.34. The third-order valence-electron chi connectivity index (χ3n) is 4.92. The van der Waals surface area contributed by atoms with Crippen LogP contribution in [0.25, 0.3) is 0 Å². The van der Waals surface area contributed by atoms with Gasteiger partial charge in [-0.1, -0.05) is 67.6 Å². The third kappa shape index (κ3) is 4.38. The van der Waals surface area contributed by atoms with Gasteiger partial charge in [-0.3, -0.25) is 0 Å². The van der Waals surface area contributed by atoms with E-state index in [1.165, 1.54) is 25.9 Å². The molecule has 1 unspecified atom stereocenters. The molecule has 0 radical (unpaired) electrons. The maximum atomic E-state index is 11.6. The molecule has 0 amide bonds. The van der Waals surface area contributed by atoms with Crippen LogP contribution in [0.4, 0.5) is 0 Å². The average Bonchev–Trinajstić information content (AvgIpc) is 3.09. The number of hydrogen-bond acceptors (Lipinski definition) is 2. The minimum atomic E-state index is -0.915. The lowest BCUT2D eigenvalue weighted by atomic mass is 9.79. The van der Waals surface area contributed by atoms with Crippen LogP contribution in [0.3, 0.4) is 0 Å². The van der Waals surface area contributed by atoms with Crippen molar-refractivity contribution >= 4 is 12.4 Å². The molecule has 3 heteroatoms. The maximum Gasteiger partial charge on any atom is 0.115 e. The van der Waals surface area contributed by atoms with Gasteiger partial charge < -0.3 is 10.0 Å². The number of benzene rings is 2. The molecule has 1 saturated heterocycles. The van der Waals surface area contributed by atoms with Gasteiger partial charge in [0.25, 0.3) is 0 Å². The van der Waals surface area contributed by atoms with Gasteiger partial charge in [0.2, 0.25) is 0 Å². The fourth-order valence-corrected chi connectivity index (χ4v) is 3.80. The molecule has 1 heterocycles. The Bertz CT molecular complexity index is 556. The molecular weight excluding hydrogens is 318 g/mol. The molecule has 0 aromatic heterocycles. The van der Waals surface area contributed by atoms with Crippen molar-refractivity contribution in [1.29, 1.82) is 0 Å². The zero-order chi connectivity index (χ0) is 16.1. The van der Waals surface area contributed by atoms with Crippen molar-refractivity contribution in [1.82, 2.24) is 4.90 Å². The van der Waals surface area contributed by atoms with Gasteiger partial charge in [0.05, 0.1) is 0 Å². The van der Waals surface area contributed by atoms with Crippen molar-refractivity contribution in [3.8, 4) is 0 Å². The van der Waals surface area contributed by atoms with E-state index in [0.29, 0.717) is 5.92 Å². The molecule has 3 rings (SSSR count). The second-order valence-corrected chi connectivity index (χ2v) is 6.91. The Morgan fingerprint density at radius 3 is 1.83 bits per heavy atom. The summed E-state index contributed by atoms with van der Waals surface area (Å²) in [5, 5.41) is 11.6. The Morgan fingerprint density at radius 2 is 1.38 bits per heavy atom. The average molecular weight is 346 g/mol. The molecule has 0 aliphatic carbocycles. The summed E-state index contributed by atoms with van der Waals surface area (Å²) >= 11 is 0. The highest BCUT2D eigenvalue weighted by atomic mass is 35.5. The van der Waals surface area contributed by atoms with Crippen LogP contribution in [0.1, 0.15) is 37.3 Å². The first kappa shape index (κ1) is 19.0. The largest absolute Gasteiger partial charge is 0.380 e. The van der Waals surface area contributed by atoms with E-state index in [4.69, 9.17) is 0 Å². The van der Waals surface area contributed by atoms with E-state index in [-0.39, 0.29) is 12.4 Å². The number of nitrogens with zero attached hydrogens (tertiary/aromatic N) is 1. The van der Waals surface area contributed by atoms with Gasteiger partial charge in [-0.2, -0.15) is 0 Å². The monoisotopic (exact) mass is 345 g/mol. The standard InChI is InChI=1S/C21H27NO.ClH/c1-18(17-22-14-8-9-15-22)16-21(23,19-10-4-2-5-11-19)20-12-6-3-7-13-20;/h2-7,10-13,18,23H,8-9,14-17H2,1H3;1H. The molecule has 1 N–H and O–H groups in total. The maximum absolute atomic E-state index is 11.6. The highest BCUT2D eigenvalue weighted by Gasteiger charge is 2.33. The Morgan fingerprint density at radius 1 is 0.917 bits per heavy atom. The molecule has 24 heavy (non-hydrogen) atoms. The minimum absolute atomic E-state index is 0. The van der Waals surface area contributed by atoms with Crippen molar-refractivity contribution in [3.05, 3.63) is 71.8 Å². The predicted molar refractivity (Wildman–Crippen MR) is 103 cm³/mol. The Kier molecular flexibility index (Phi) is 6.85. The Balaban J connectivity index is 0.00000208. The molecule has 130 valence electrons. The summed E-state index contributed by atoms with van der Waals surface area (Å²) in [7, 11) is 0. The van der Waals surface area contributed by atoms with Crippen LogP contribution in [-0.4, -0.2) is 29.6 Å². The quantitative estimate of drug-likeness (QED) is 0.835. The number of halogens is 1. The smallest absolute Gasteiger partial charge is 0.115 e. The van der Waals surface area contributed by atoms with Gasteiger partial charge in [0.1, 0.15) is 5.60 Å². The van der Waals surface area contributed by atoms with Crippen LogP contribution >= 0.6 is 12.4 Å². The number of rotatable bonds is 6. The molecule has 0 saturated carbocycles. The molecule has 1 aliphatic heterocycles. The number of hydrogen-bond donors (Lipinski definition) is 1. The fourth-order valence-electron chi connectivity index (χ4n) is 3.80. The summed E-state index contributed by atoms with van der Waals surface area (Å²) < 4.78 is 0. The molecule has 2 aromatic rings. The molecule has 1 fully saturated rings. The van der Waals surface area contributed by atoms with E-state index in [1.807, 2.05) is 60.7 Å². The Hall–Kier alpha value is -1.35. The van der Waals surface area contributed by atoms with Gasteiger partial charge in [-0.15, -0.1) is 12.4 Å². The zero-order valence-corrected chi connectivity index (χ0v) is 15.2. The van der Waals surface area contributed by atoms with Gasteiger partial charge in [-0.25, -0.2) is 0 Å². The molecule has 0 spiro atoms. The lowest BCUT2D eigenvalue weighted by molar-refractivity contribution is 0.0491. The second-order valence-electron chi connectivity index (χ2n) is 6.91. The van der Waals surface area contributed by atoms with E-state index in [9.17, 15) is 5.11 Å². The Labute approximate surface area is 151 Å². The van der Waals surface area contributed by atoms with E-state index in [1.54, 1.807) is 0 Å². The normalized spacial score (nSPS) is 16.6. The van der Waals surface area contributed by atoms with E-state index >= 15 is 0 Å². The molecule has 1 aliphatic rings. The summed E-state index contributed by atoms with van der Waals surface area (Å²) in [5.74, 6) is 0.443. The highest BCUT2D eigenvalue weighted by Crippen LogP contribution is 2.36. The first-order chi connectivity index (χ1) is 11.2. The van der Waals surface area contributed by atoms with E-state index in [2.05, 4.69) is 11.8 Å². The molecular formula is C21H28ClNO. The predicted octanol–water partition coefficient (Wildman–Crippen LogP) is 4.47. The first-order valence-electron chi connectivity index (χ1n) is 8.74. The van der Waals surface area contributed by atoms with Crippen LogP contribution in [-0.2, 0) is 5.60 Å². The third-order valence-corrected chi connectivity index (χ3v) is 4.92. The summed E-state index contributed by atoms with van der Waals surface area (Å²) in [4.78, 5) is 2.53. The number of likely N-dealkylation sites (tertiary alicyclic amines) is 1. The lowest BCUT2D eigenvalue weighted by Gasteiger charge is -2.33. The topological polar surface area (TPSA) is 23.5 Å². The van der Waals surface area contributed by atoms with E-state index < -0.39 is 5.60 Å². The molecule has 2 aromatic carbocycles. The van der Waals surface area contributed by atoms with Crippen LogP contribution in [0, 0.1) is 5.92 Å². The van der Waals surface area contributed by atoms with Crippen LogP contribution in [0.2, 0.25) is 0 Å². The van der Waals surface area contributed by atoms with Crippen molar-refractivity contribution in [2.75, 3.05) is 19.6 Å². The van der Waals surface area contributed by atoms with Gasteiger partial charge in [-0.05, 0) is 49.4 Å². The van der Waals surface area contributed by atoms with Crippen molar-refractivity contribution in [2.45, 2.75) is 31.8 Å². The second kappa shape index (κ2) is 8.66. The molecule has 2 nitrogen and oxygen atoms in total. The van der Waals surface area contributed by atoms with Crippen LogP contribution in [0.15, 0.2) is 60.7 Å². The molecule has 1 atom stereocenters. The van der Waals surface area contributed by atoms with Crippen molar-refractivity contribution in [3.63, 3.8) is 0 Å². The number of aliphatic hydroxyl groups is 1. The summed E-state index contributed by atoms with van der Waals surface area (Å²) in [6, 6.07) is 20.2. The SMILES string of the molecule is CC(CN1CCCC1)CC(O)(c1ccccc1)c1ccccc1.Cl. The first-order valence-corrected chi connectivity index (χ1v) is 8.74.